The first-order valence-corrected chi connectivity index (χ1v) is 12.0. The number of benzene rings is 1. The van der Waals surface area contributed by atoms with E-state index in [2.05, 4.69) is 16.5 Å². The molecule has 0 radical (unpaired) electrons. The Kier molecular flexibility index (Phi) is 8.27. The number of ether oxygens (including phenoxy) is 1. The highest BCUT2D eigenvalue weighted by Crippen LogP contribution is 2.26. The van der Waals surface area contributed by atoms with Crippen molar-refractivity contribution < 1.29 is 19.1 Å². The van der Waals surface area contributed by atoms with Crippen LogP contribution in [0.4, 0.5) is 0 Å². The Balaban J connectivity index is 1.95. The van der Waals surface area contributed by atoms with E-state index in [0.29, 0.717) is 31.2 Å². The highest BCUT2D eigenvalue weighted by molar-refractivity contribution is 6.19. The van der Waals surface area contributed by atoms with Crippen LogP contribution in [-0.4, -0.2) is 75.7 Å². The molecule has 0 N–H and O–H groups in total. The van der Waals surface area contributed by atoms with Crippen LogP contribution in [0.5, 0.6) is 0 Å². The first-order chi connectivity index (χ1) is 16.6. The van der Waals surface area contributed by atoms with E-state index < -0.39 is 17.3 Å². The van der Waals surface area contributed by atoms with Crippen molar-refractivity contribution in [1.29, 1.82) is 0 Å². The number of hydrogen-bond donors (Lipinski definition) is 0. The normalized spacial score (nSPS) is 16.1. The van der Waals surface area contributed by atoms with Gasteiger partial charge >= 0.3 is 5.97 Å². The molecule has 1 fully saturated rings. The molecule has 9 heteroatoms. The maximum atomic E-state index is 13.7. The Labute approximate surface area is 210 Å². The van der Waals surface area contributed by atoms with E-state index >= 15 is 0 Å². The van der Waals surface area contributed by atoms with Crippen LogP contribution in [0.2, 0.25) is 0 Å². The summed E-state index contributed by atoms with van der Waals surface area (Å²) >= 11 is 6.00. The summed E-state index contributed by atoms with van der Waals surface area (Å²) in [5.41, 5.74) is 0.396. The number of carbonyl (C=O) groups excluding carboxylic acids is 3. The van der Waals surface area contributed by atoms with Crippen LogP contribution in [0.1, 0.15) is 47.3 Å². The number of aromatic nitrogens is 2. The van der Waals surface area contributed by atoms with Crippen LogP contribution < -0.4 is 0 Å². The number of halogens is 1. The van der Waals surface area contributed by atoms with E-state index in [1.54, 1.807) is 16.7 Å². The molecule has 2 heterocycles. The van der Waals surface area contributed by atoms with E-state index in [1.165, 1.54) is 6.08 Å². The van der Waals surface area contributed by atoms with Crippen molar-refractivity contribution in [3.63, 3.8) is 0 Å². The number of nitrogens with zero attached hydrogens (tertiary/aromatic N) is 4. The van der Waals surface area contributed by atoms with Crippen molar-refractivity contribution in [2.45, 2.75) is 33.7 Å². The van der Waals surface area contributed by atoms with Crippen LogP contribution in [-0.2, 0) is 9.53 Å². The lowest BCUT2D eigenvalue weighted by molar-refractivity contribution is -0.143. The molecule has 1 aliphatic rings. The molecular weight excluding hydrogens is 468 g/mol. The molecule has 2 aromatic rings. The molecule has 186 valence electrons. The van der Waals surface area contributed by atoms with E-state index in [1.807, 2.05) is 51.1 Å². The summed E-state index contributed by atoms with van der Waals surface area (Å²) in [5, 5.41) is 0. The average Bonchev–Trinajstić information content (AvgIpc) is 2.86. The van der Waals surface area contributed by atoms with Gasteiger partial charge in [0.2, 0.25) is 5.91 Å². The zero-order valence-electron chi connectivity index (χ0n) is 20.6. The van der Waals surface area contributed by atoms with Gasteiger partial charge in [-0.15, -0.1) is 11.6 Å². The number of alkyl halides is 1. The van der Waals surface area contributed by atoms with Crippen molar-refractivity contribution in [3.05, 3.63) is 59.9 Å². The molecule has 1 atom stereocenters. The fourth-order valence-corrected chi connectivity index (χ4v) is 4.05. The molecule has 0 aliphatic carbocycles. The van der Waals surface area contributed by atoms with Gasteiger partial charge in [0.05, 0.1) is 11.1 Å². The van der Waals surface area contributed by atoms with E-state index in [0.717, 1.165) is 5.56 Å². The quantitative estimate of drug-likeness (QED) is 0.328. The van der Waals surface area contributed by atoms with Crippen LogP contribution in [0, 0.1) is 12.3 Å². The maximum absolute atomic E-state index is 13.7. The summed E-state index contributed by atoms with van der Waals surface area (Å²) in [5.74, 6) is -0.594. The molecular formula is C26H31ClN4O4. The summed E-state index contributed by atoms with van der Waals surface area (Å²) in [6, 6.07) is 9.02. The summed E-state index contributed by atoms with van der Waals surface area (Å²) < 4.78 is 5.23. The van der Waals surface area contributed by atoms with Gasteiger partial charge in [0.15, 0.2) is 5.82 Å². The topological polar surface area (TPSA) is 92.7 Å². The number of rotatable bonds is 7. The van der Waals surface area contributed by atoms with Crippen LogP contribution in [0.15, 0.2) is 43.0 Å². The Morgan fingerprint density at radius 3 is 2.49 bits per heavy atom. The highest BCUT2D eigenvalue weighted by Gasteiger charge is 2.38. The van der Waals surface area contributed by atoms with Gasteiger partial charge < -0.3 is 14.5 Å². The molecule has 2 amide bonds. The van der Waals surface area contributed by atoms with Crippen molar-refractivity contribution in [3.8, 4) is 11.4 Å². The Morgan fingerprint density at radius 2 is 1.89 bits per heavy atom. The zero-order chi connectivity index (χ0) is 25.8. The standard InChI is InChI=1S/C26H31ClN4O4/c1-6-14-35-24(33)20-18(3)28-22(19-10-8-7-9-11-19)29-21(20)23(32)30-12-13-31(17(2)15-30)25(34)26(4,5)16-27/h6-11,17H,1,12-16H2,2-5H3. The number of piperazine rings is 1. The van der Waals surface area contributed by atoms with Crippen molar-refractivity contribution in [2.24, 2.45) is 5.41 Å². The maximum Gasteiger partial charge on any atom is 0.342 e. The number of carbonyl (C=O) groups is 3. The average molecular weight is 499 g/mol. The summed E-state index contributed by atoms with van der Waals surface area (Å²) in [6.45, 7) is 11.7. The Morgan fingerprint density at radius 1 is 1.20 bits per heavy atom. The largest absolute Gasteiger partial charge is 0.458 e. The van der Waals surface area contributed by atoms with Gasteiger partial charge in [0.25, 0.3) is 5.91 Å². The second-order valence-electron chi connectivity index (χ2n) is 9.23. The van der Waals surface area contributed by atoms with Crippen LogP contribution in [0.25, 0.3) is 11.4 Å². The summed E-state index contributed by atoms with van der Waals surface area (Å²) in [4.78, 5) is 51.8. The SMILES string of the molecule is C=CCOC(=O)c1c(C)nc(-c2ccccc2)nc1C(=O)N1CCN(C(=O)C(C)(C)CCl)C(C)C1. The minimum absolute atomic E-state index is 0.000513. The third-order valence-corrected chi connectivity index (χ3v) is 6.62. The van der Waals surface area contributed by atoms with Crippen LogP contribution in [0.3, 0.4) is 0 Å². The molecule has 0 bridgehead atoms. The Bertz CT molecular complexity index is 1120. The van der Waals surface area contributed by atoms with Gasteiger partial charge in [-0.1, -0.05) is 43.0 Å². The predicted molar refractivity (Wildman–Crippen MR) is 134 cm³/mol. The van der Waals surface area contributed by atoms with Gasteiger partial charge in [0.1, 0.15) is 17.9 Å². The predicted octanol–water partition coefficient (Wildman–Crippen LogP) is 3.73. The van der Waals surface area contributed by atoms with Crippen molar-refractivity contribution in [2.75, 3.05) is 32.1 Å². The van der Waals surface area contributed by atoms with Crippen molar-refractivity contribution in [1.82, 2.24) is 19.8 Å². The highest BCUT2D eigenvalue weighted by atomic mass is 35.5. The second-order valence-corrected chi connectivity index (χ2v) is 9.49. The van der Waals surface area contributed by atoms with Crippen molar-refractivity contribution >= 4 is 29.4 Å². The minimum Gasteiger partial charge on any atom is -0.458 e. The number of aryl methyl sites for hydroxylation is 1. The third-order valence-electron chi connectivity index (χ3n) is 5.95. The Hall–Kier alpha value is -3.26. The van der Waals surface area contributed by atoms with Gasteiger partial charge in [-0.05, 0) is 27.7 Å². The zero-order valence-corrected chi connectivity index (χ0v) is 21.3. The fraction of sp³-hybridized carbons (Fsp3) is 0.423. The lowest BCUT2D eigenvalue weighted by Gasteiger charge is -2.42. The first-order valence-electron chi connectivity index (χ1n) is 11.5. The number of hydrogen-bond acceptors (Lipinski definition) is 6. The number of esters is 1. The molecule has 1 aromatic carbocycles. The van der Waals surface area contributed by atoms with Gasteiger partial charge in [-0.25, -0.2) is 14.8 Å². The molecule has 1 unspecified atom stereocenters. The molecule has 0 spiro atoms. The molecule has 1 aliphatic heterocycles. The van der Waals surface area contributed by atoms with Crippen LogP contribution >= 0.6 is 11.6 Å². The lowest BCUT2D eigenvalue weighted by atomic mass is 9.93. The van der Waals surface area contributed by atoms with E-state index in [9.17, 15) is 14.4 Å². The molecule has 8 nitrogen and oxygen atoms in total. The summed E-state index contributed by atoms with van der Waals surface area (Å²) in [6.07, 6.45) is 1.45. The van der Waals surface area contributed by atoms with E-state index in [4.69, 9.17) is 16.3 Å². The molecule has 35 heavy (non-hydrogen) atoms. The first kappa shape index (κ1) is 26.3. The van der Waals surface area contributed by atoms with E-state index in [-0.39, 0.29) is 35.7 Å². The monoisotopic (exact) mass is 498 g/mol. The molecule has 0 saturated carbocycles. The van der Waals surface area contributed by atoms with Gasteiger partial charge in [-0.3, -0.25) is 9.59 Å². The molecule has 3 rings (SSSR count). The van der Waals surface area contributed by atoms with Gasteiger partial charge in [-0.2, -0.15) is 0 Å². The number of amides is 2. The lowest BCUT2D eigenvalue weighted by Crippen LogP contribution is -2.58. The fourth-order valence-electron chi connectivity index (χ4n) is 3.93. The second kappa shape index (κ2) is 11.0. The smallest absolute Gasteiger partial charge is 0.342 e. The van der Waals surface area contributed by atoms with Gasteiger partial charge in [0, 0.05) is 37.1 Å². The molecule has 1 saturated heterocycles. The minimum atomic E-state index is -0.696. The third kappa shape index (κ3) is 5.70. The molecule has 1 aromatic heterocycles. The summed E-state index contributed by atoms with van der Waals surface area (Å²) in [7, 11) is 0.